The summed E-state index contributed by atoms with van der Waals surface area (Å²) in [7, 11) is -5.18. The number of halogens is 3. The van der Waals surface area contributed by atoms with Gasteiger partial charge in [0.05, 0.1) is 18.3 Å². The molecule has 0 aliphatic heterocycles. The Morgan fingerprint density at radius 2 is 1.92 bits per heavy atom. The molecule has 0 heterocycles. The van der Waals surface area contributed by atoms with Gasteiger partial charge in [0.25, 0.3) is 9.84 Å². The van der Waals surface area contributed by atoms with Crippen LogP contribution in [0.3, 0.4) is 0 Å². The smallest absolute Gasteiger partial charge is 0.501 e. The minimum Gasteiger partial charge on any atom is -0.501 e. The van der Waals surface area contributed by atoms with E-state index in [2.05, 4.69) is 4.74 Å². The molecule has 0 fully saturated rings. The van der Waals surface area contributed by atoms with Crippen molar-refractivity contribution in [2.24, 2.45) is 0 Å². The summed E-state index contributed by atoms with van der Waals surface area (Å²) in [5.41, 5.74) is -5.25. The molecule has 0 aliphatic carbocycles. The largest absolute Gasteiger partial charge is 0.501 e. The van der Waals surface area contributed by atoms with E-state index in [4.69, 9.17) is 0 Å². The molecule has 0 aromatic rings. The molecule has 12 heavy (non-hydrogen) atoms. The summed E-state index contributed by atoms with van der Waals surface area (Å²) in [6, 6.07) is 0. The summed E-state index contributed by atoms with van der Waals surface area (Å²) in [6.45, 7) is 1.63. The van der Waals surface area contributed by atoms with Gasteiger partial charge in [0.2, 0.25) is 0 Å². The van der Waals surface area contributed by atoms with Crippen LogP contribution in [0.25, 0.3) is 0 Å². The fraction of sp³-hybridized carbons (Fsp3) is 0.600. The van der Waals surface area contributed by atoms with Crippen LogP contribution >= 0.6 is 0 Å². The summed E-state index contributed by atoms with van der Waals surface area (Å²) in [4.78, 5) is 0. The van der Waals surface area contributed by atoms with Crippen LogP contribution in [-0.2, 0) is 14.6 Å². The summed E-state index contributed by atoms with van der Waals surface area (Å²) < 4.78 is 59.5. The maximum atomic E-state index is 11.6. The quantitative estimate of drug-likeness (QED) is 0.653. The van der Waals surface area contributed by atoms with Crippen molar-refractivity contribution in [3.63, 3.8) is 0 Å². The van der Waals surface area contributed by atoms with Crippen molar-refractivity contribution in [1.82, 2.24) is 0 Å². The first-order valence-corrected chi connectivity index (χ1v) is 4.45. The van der Waals surface area contributed by atoms with E-state index in [0.29, 0.717) is 6.26 Å². The molecule has 0 atom stereocenters. The predicted octanol–water partition coefficient (Wildman–Crippen LogP) is 1.43. The van der Waals surface area contributed by atoms with Crippen LogP contribution in [0.5, 0.6) is 0 Å². The summed E-state index contributed by atoms with van der Waals surface area (Å²) in [6.07, 6.45) is 0.503. The van der Waals surface area contributed by atoms with Crippen molar-refractivity contribution in [3.8, 4) is 0 Å². The number of hydrogen-bond acceptors (Lipinski definition) is 3. The number of rotatable bonds is 3. The van der Waals surface area contributed by atoms with Crippen molar-refractivity contribution < 1.29 is 26.3 Å². The molecule has 0 unspecified atom stereocenters. The molecule has 0 saturated carbocycles. The van der Waals surface area contributed by atoms with E-state index in [1.807, 2.05) is 0 Å². The minimum atomic E-state index is -5.25. The molecule has 0 N–H and O–H groups in total. The molecule has 72 valence electrons. The second-order valence-electron chi connectivity index (χ2n) is 1.72. The summed E-state index contributed by atoms with van der Waals surface area (Å²) >= 11 is 0. The first kappa shape index (κ1) is 11.3. The van der Waals surface area contributed by atoms with Crippen molar-refractivity contribution in [2.45, 2.75) is 12.4 Å². The third-order valence-corrected chi connectivity index (χ3v) is 1.93. The highest BCUT2D eigenvalue weighted by molar-refractivity contribution is 7.95. The average molecular weight is 204 g/mol. The van der Waals surface area contributed by atoms with Crippen LogP contribution in [0.1, 0.15) is 6.92 Å². The molecule has 3 nitrogen and oxygen atoms in total. The van der Waals surface area contributed by atoms with Gasteiger partial charge in [0, 0.05) is 0 Å². The molecular formula is C5H7F3O3S. The van der Waals surface area contributed by atoms with Gasteiger partial charge in [0.1, 0.15) is 0 Å². The van der Waals surface area contributed by atoms with Gasteiger partial charge in [-0.05, 0) is 6.92 Å². The van der Waals surface area contributed by atoms with Crippen LogP contribution in [-0.4, -0.2) is 20.5 Å². The zero-order chi connectivity index (χ0) is 9.83. The van der Waals surface area contributed by atoms with Gasteiger partial charge >= 0.3 is 5.51 Å². The summed E-state index contributed by atoms with van der Waals surface area (Å²) in [5.74, 6) is 0. The molecule has 0 aliphatic rings. The lowest BCUT2D eigenvalue weighted by atomic mass is 10.9. The van der Waals surface area contributed by atoms with E-state index in [1.165, 1.54) is 6.92 Å². The molecule has 0 aromatic heterocycles. The Labute approximate surface area is 67.7 Å². The predicted molar refractivity (Wildman–Crippen MR) is 35.7 cm³/mol. The third kappa shape index (κ3) is 3.12. The van der Waals surface area contributed by atoms with E-state index < -0.39 is 15.3 Å². The molecule has 0 bridgehead atoms. The standard InChI is InChI=1S/C5H7F3O3S/c1-2-11-3-4-12(9,10)5(6,7)8/h3-4H,2H2,1H3/b4-3-. The first-order valence-electron chi connectivity index (χ1n) is 2.90. The highest BCUT2D eigenvalue weighted by atomic mass is 32.2. The van der Waals surface area contributed by atoms with Crippen molar-refractivity contribution in [3.05, 3.63) is 11.7 Å². The molecule has 0 rings (SSSR count). The Morgan fingerprint density at radius 3 is 2.25 bits per heavy atom. The maximum Gasteiger partial charge on any atom is 0.501 e. The molecular weight excluding hydrogens is 197 g/mol. The molecule has 0 aromatic carbocycles. The Bertz CT molecular complexity index is 252. The molecule has 0 amide bonds. The van der Waals surface area contributed by atoms with Gasteiger partial charge in [-0.2, -0.15) is 13.2 Å². The second kappa shape index (κ2) is 3.79. The molecule has 0 radical (unpaired) electrons. The third-order valence-electron chi connectivity index (χ3n) is 0.820. The number of ether oxygens (including phenoxy) is 1. The normalized spacial score (nSPS) is 13.7. The van der Waals surface area contributed by atoms with Crippen LogP contribution in [0.2, 0.25) is 0 Å². The molecule has 0 spiro atoms. The fourth-order valence-electron chi connectivity index (χ4n) is 0.286. The van der Waals surface area contributed by atoms with Gasteiger partial charge in [-0.3, -0.25) is 0 Å². The van der Waals surface area contributed by atoms with Crippen LogP contribution < -0.4 is 0 Å². The molecule has 7 heteroatoms. The lowest BCUT2D eigenvalue weighted by Crippen LogP contribution is -2.20. The highest BCUT2D eigenvalue weighted by Crippen LogP contribution is 2.24. The monoisotopic (exact) mass is 204 g/mol. The Balaban J connectivity index is 4.46. The average Bonchev–Trinajstić information content (AvgIpc) is 1.85. The number of sulfone groups is 1. The zero-order valence-corrected chi connectivity index (χ0v) is 6.95. The highest BCUT2D eigenvalue weighted by Gasteiger charge is 2.43. The number of hydrogen-bond donors (Lipinski definition) is 0. The zero-order valence-electron chi connectivity index (χ0n) is 6.13. The fourth-order valence-corrected chi connectivity index (χ4v) is 0.665. The SMILES string of the molecule is CCO/C=C\S(=O)(=O)C(F)(F)F. The van der Waals surface area contributed by atoms with E-state index in [-0.39, 0.29) is 12.0 Å². The van der Waals surface area contributed by atoms with Crippen LogP contribution in [0.4, 0.5) is 13.2 Å². The van der Waals surface area contributed by atoms with Crippen LogP contribution in [0, 0.1) is 0 Å². The lowest BCUT2D eigenvalue weighted by molar-refractivity contribution is -0.0424. The maximum absolute atomic E-state index is 11.6. The Hall–Kier alpha value is -0.720. The Morgan fingerprint density at radius 1 is 1.42 bits per heavy atom. The minimum absolute atomic E-state index is 0.0174. The lowest BCUT2D eigenvalue weighted by Gasteiger charge is -2.02. The topological polar surface area (TPSA) is 43.4 Å². The number of alkyl halides is 3. The Kier molecular flexibility index (Phi) is 3.56. The summed E-state index contributed by atoms with van der Waals surface area (Å²) in [5, 5.41) is -0.0174. The van der Waals surface area contributed by atoms with E-state index >= 15 is 0 Å². The van der Waals surface area contributed by atoms with Crippen molar-refractivity contribution >= 4 is 9.84 Å². The van der Waals surface area contributed by atoms with E-state index in [9.17, 15) is 21.6 Å². The van der Waals surface area contributed by atoms with Crippen molar-refractivity contribution in [1.29, 1.82) is 0 Å². The van der Waals surface area contributed by atoms with Gasteiger partial charge in [0.15, 0.2) is 0 Å². The first-order chi connectivity index (χ1) is 5.31. The van der Waals surface area contributed by atoms with Gasteiger partial charge in [-0.15, -0.1) is 0 Å². The van der Waals surface area contributed by atoms with E-state index in [1.54, 1.807) is 0 Å². The van der Waals surface area contributed by atoms with Crippen LogP contribution in [0.15, 0.2) is 11.7 Å². The van der Waals surface area contributed by atoms with Gasteiger partial charge < -0.3 is 4.74 Å². The van der Waals surface area contributed by atoms with Crippen molar-refractivity contribution in [2.75, 3.05) is 6.61 Å². The van der Waals surface area contributed by atoms with E-state index in [0.717, 1.165) is 0 Å². The molecule has 0 saturated heterocycles. The van der Waals surface area contributed by atoms with Gasteiger partial charge in [-0.1, -0.05) is 0 Å². The van der Waals surface area contributed by atoms with Gasteiger partial charge in [-0.25, -0.2) is 8.42 Å². The second-order valence-corrected chi connectivity index (χ2v) is 3.54.